The van der Waals surface area contributed by atoms with E-state index in [9.17, 15) is 4.79 Å². The number of piperidine rings is 1. The molecular weight excluding hydrogens is 300 g/mol. The fraction of sp³-hybridized carbons (Fsp3) is 0.650. The zero-order valence-electron chi connectivity index (χ0n) is 15.0. The predicted octanol–water partition coefficient (Wildman–Crippen LogP) is 2.57. The number of rotatable bonds is 7. The molecule has 132 valence electrons. The number of nitrogens with zero attached hydrogens (tertiary/aromatic N) is 1. The van der Waals surface area contributed by atoms with Crippen molar-refractivity contribution in [3.8, 4) is 0 Å². The van der Waals surface area contributed by atoms with E-state index < -0.39 is 0 Å². The molecule has 2 aliphatic rings. The molecule has 1 aliphatic carbocycles. The number of carbonyl (C=O) groups is 1. The molecule has 0 bridgehead atoms. The Morgan fingerprint density at radius 1 is 1.33 bits per heavy atom. The van der Waals surface area contributed by atoms with Gasteiger partial charge in [-0.1, -0.05) is 29.8 Å². The van der Waals surface area contributed by atoms with Crippen molar-refractivity contribution in [1.82, 2.24) is 10.2 Å². The Morgan fingerprint density at radius 2 is 2.12 bits per heavy atom. The summed E-state index contributed by atoms with van der Waals surface area (Å²) in [5, 5.41) is 3.20. The highest BCUT2D eigenvalue weighted by Crippen LogP contribution is 2.47. The quantitative estimate of drug-likeness (QED) is 0.835. The fourth-order valence-electron chi connectivity index (χ4n) is 3.76. The number of nitrogens with one attached hydrogen (secondary N) is 1. The van der Waals surface area contributed by atoms with Crippen LogP contribution in [0.2, 0.25) is 0 Å². The van der Waals surface area contributed by atoms with Crippen LogP contribution < -0.4 is 5.32 Å². The number of aryl methyl sites for hydroxylation is 1. The van der Waals surface area contributed by atoms with Crippen molar-refractivity contribution in [2.24, 2.45) is 11.8 Å². The summed E-state index contributed by atoms with van der Waals surface area (Å²) in [6, 6.07) is 8.57. The normalized spacial score (nSPS) is 24.8. The van der Waals surface area contributed by atoms with E-state index in [1.54, 1.807) is 7.11 Å². The molecule has 0 radical (unpaired) electrons. The zero-order chi connectivity index (χ0) is 16.9. The van der Waals surface area contributed by atoms with Gasteiger partial charge < -0.3 is 15.0 Å². The van der Waals surface area contributed by atoms with Crippen LogP contribution in [0, 0.1) is 18.8 Å². The highest BCUT2D eigenvalue weighted by molar-refractivity contribution is 5.82. The smallest absolute Gasteiger partial charge is 0.223 e. The fourth-order valence-corrected chi connectivity index (χ4v) is 3.76. The maximum Gasteiger partial charge on any atom is 0.223 e. The molecule has 2 atom stereocenters. The van der Waals surface area contributed by atoms with Crippen molar-refractivity contribution >= 4 is 5.91 Å². The molecule has 0 aromatic heterocycles. The Kier molecular flexibility index (Phi) is 5.90. The largest absolute Gasteiger partial charge is 0.383 e. The van der Waals surface area contributed by atoms with Crippen molar-refractivity contribution in [1.29, 1.82) is 0 Å². The molecule has 1 saturated heterocycles. The van der Waals surface area contributed by atoms with Gasteiger partial charge in [0, 0.05) is 26.1 Å². The van der Waals surface area contributed by atoms with Gasteiger partial charge in [-0.3, -0.25) is 4.79 Å². The van der Waals surface area contributed by atoms with E-state index in [1.165, 1.54) is 24.0 Å². The Hall–Kier alpha value is -1.39. The average molecular weight is 330 g/mol. The number of benzene rings is 1. The van der Waals surface area contributed by atoms with Gasteiger partial charge >= 0.3 is 0 Å². The summed E-state index contributed by atoms with van der Waals surface area (Å²) >= 11 is 0. The van der Waals surface area contributed by atoms with Gasteiger partial charge in [-0.15, -0.1) is 0 Å². The van der Waals surface area contributed by atoms with Crippen LogP contribution in [0.4, 0.5) is 0 Å². The molecule has 1 N–H and O–H groups in total. The molecule has 0 unspecified atom stereocenters. The molecule has 1 aliphatic heterocycles. The molecule has 2 fully saturated rings. The molecule has 0 spiro atoms. The third-order valence-electron chi connectivity index (χ3n) is 5.48. The molecule has 4 heteroatoms. The monoisotopic (exact) mass is 330 g/mol. The van der Waals surface area contributed by atoms with Crippen molar-refractivity contribution in [2.75, 3.05) is 39.9 Å². The number of ether oxygens (including phenoxy) is 1. The Bertz CT molecular complexity index is 552. The lowest BCUT2D eigenvalue weighted by molar-refractivity contribution is -0.122. The van der Waals surface area contributed by atoms with E-state index in [2.05, 4.69) is 41.4 Å². The van der Waals surface area contributed by atoms with E-state index in [0.29, 0.717) is 11.8 Å². The zero-order valence-corrected chi connectivity index (χ0v) is 15.0. The summed E-state index contributed by atoms with van der Waals surface area (Å²) in [5.41, 5.74) is 2.60. The minimum absolute atomic E-state index is 0.189. The van der Waals surface area contributed by atoms with Gasteiger partial charge in [0.25, 0.3) is 0 Å². The van der Waals surface area contributed by atoms with E-state index in [4.69, 9.17) is 4.74 Å². The number of methoxy groups -OCH3 is 1. The third kappa shape index (κ3) is 4.58. The van der Waals surface area contributed by atoms with Crippen molar-refractivity contribution in [3.63, 3.8) is 0 Å². The SMILES string of the molecule is COCCN1CCC(CNC(=O)[C@@H]2C[C@@H]2c2cccc(C)c2)CC1. The minimum atomic E-state index is 0.189. The first-order chi connectivity index (χ1) is 11.7. The van der Waals surface area contributed by atoms with Crippen molar-refractivity contribution < 1.29 is 9.53 Å². The van der Waals surface area contributed by atoms with Gasteiger partial charge in [-0.25, -0.2) is 0 Å². The van der Waals surface area contributed by atoms with E-state index >= 15 is 0 Å². The first kappa shape index (κ1) is 17.4. The topological polar surface area (TPSA) is 41.6 Å². The summed E-state index contributed by atoms with van der Waals surface area (Å²) in [5.74, 6) is 1.50. The highest BCUT2D eigenvalue weighted by atomic mass is 16.5. The van der Waals surface area contributed by atoms with Gasteiger partial charge in [-0.05, 0) is 56.7 Å². The second kappa shape index (κ2) is 8.13. The predicted molar refractivity (Wildman–Crippen MR) is 96.1 cm³/mol. The molecule has 3 rings (SSSR count). The van der Waals surface area contributed by atoms with E-state index in [-0.39, 0.29) is 11.8 Å². The maximum atomic E-state index is 12.4. The second-order valence-electron chi connectivity index (χ2n) is 7.39. The number of carbonyl (C=O) groups excluding carboxylic acids is 1. The van der Waals surface area contributed by atoms with Crippen molar-refractivity contribution in [3.05, 3.63) is 35.4 Å². The third-order valence-corrected chi connectivity index (χ3v) is 5.48. The second-order valence-corrected chi connectivity index (χ2v) is 7.39. The first-order valence-electron chi connectivity index (χ1n) is 9.23. The van der Waals surface area contributed by atoms with Crippen LogP contribution >= 0.6 is 0 Å². The van der Waals surface area contributed by atoms with Gasteiger partial charge in [0.05, 0.1) is 6.61 Å². The van der Waals surface area contributed by atoms with Crippen LogP contribution in [0.15, 0.2) is 24.3 Å². The van der Waals surface area contributed by atoms with Crippen molar-refractivity contribution in [2.45, 2.75) is 32.1 Å². The number of amides is 1. The first-order valence-corrected chi connectivity index (χ1v) is 9.23. The lowest BCUT2D eigenvalue weighted by Gasteiger charge is -2.31. The minimum Gasteiger partial charge on any atom is -0.383 e. The summed E-state index contributed by atoms with van der Waals surface area (Å²) in [7, 11) is 1.75. The molecule has 4 nitrogen and oxygen atoms in total. The summed E-state index contributed by atoms with van der Waals surface area (Å²) in [4.78, 5) is 14.8. The number of likely N-dealkylation sites (tertiary alicyclic amines) is 1. The molecule has 1 amide bonds. The van der Waals surface area contributed by atoms with Crippen LogP contribution in [0.25, 0.3) is 0 Å². The van der Waals surface area contributed by atoms with E-state index in [0.717, 1.165) is 39.2 Å². The molecule has 24 heavy (non-hydrogen) atoms. The Balaban J connectivity index is 1.37. The molecule has 1 aromatic rings. The van der Waals surface area contributed by atoms with Crippen LogP contribution in [0.3, 0.4) is 0 Å². The molecular formula is C20H30N2O2. The summed E-state index contributed by atoms with van der Waals surface area (Å²) < 4.78 is 5.14. The van der Waals surface area contributed by atoms with Crippen LogP contribution in [0.1, 0.15) is 36.3 Å². The summed E-state index contributed by atoms with van der Waals surface area (Å²) in [6.07, 6.45) is 3.36. The Morgan fingerprint density at radius 3 is 2.83 bits per heavy atom. The van der Waals surface area contributed by atoms with Gasteiger partial charge in [0.15, 0.2) is 0 Å². The van der Waals surface area contributed by atoms with E-state index in [1.807, 2.05) is 0 Å². The number of hydrogen-bond acceptors (Lipinski definition) is 3. The lowest BCUT2D eigenvalue weighted by Crippen LogP contribution is -2.40. The van der Waals surface area contributed by atoms with Gasteiger partial charge in [0.2, 0.25) is 5.91 Å². The van der Waals surface area contributed by atoms with Gasteiger partial charge in [-0.2, -0.15) is 0 Å². The number of hydrogen-bond donors (Lipinski definition) is 1. The average Bonchev–Trinajstić information content (AvgIpc) is 3.39. The standard InChI is InChI=1S/C20H30N2O2/c1-15-4-3-5-17(12-15)18-13-19(18)20(23)21-14-16-6-8-22(9-7-16)10-11-24-2/h3-5,12,16,18-19H,6-11,13-14H2,1-2H3,(H,21,23)/t18-,19-/m1/s1. The van der Waals surface area contributed by atoms with Gasteiger partial charge in [0.1, 0.15) is 0 Å². The highest BCUT2D eigenvalue weighted by Gasteiger charge is 2.43. The Labute approximate surface area is 145 Å². The van der Waals surface area contributed by atoms with Crippen LogP contribution in [0.5, 0.6) is 0 Å². The summed E-state index contributed by atoms with van der Waals surface area (Å²) in [6.45, 7) is 7.03. The maximum absolute atomic E-state index is 12.4. The van der Waals surface area contributed by atoms with Crippen LogP contribution in [-0.2, 0) is 9.53 Å². The molecule has 1 heterocycles. The van der Waals surface area contributed by atoms with Crippen LogP contribution in [-0.4, -0.2) is 50.7 Å². The molecule has 1 saturated carbocycles. The molecule has 1 aromatic carbocycles. The lowest BCUT2D eigenvalue weighted by atomic mass is 9.96.